The molecule has 4 aromatic carbocycles. The first-order valence-electron chi connectivity index (χ1n) is 16.6. The molecule has 10 rings (SSSR count). The van der Waals surface area contributed by atoms with Crippen LogP contribution in [0, 0.1) is 0 Å². The van der Waals surface area contributed by atoms with Crippen molar-refractivity contribution in [1.82, 2.24) is 4.98 Å². The molecule has 48 heavy (non-hydrogen) atoms. The summed E-state index contributed by atoms with van der Waals surface area (Å²) in [6.07, 6.45) is 17.9. The van der Waals surface area contributed by atoms with Crippen molar-refractivity contribution in [3.05, 3.63) is 167 Å². The lowest BCUT2D eigenvalue weighted by Gasteiger charge is -2.35. The summed E-state index contributed by atoms with van der Waals surface area (Å²) < 4.78 is 6.12. The molecule has 0 radical (unpaired) electrons. The summed E-state index contributed by atoms with van der Waals surface area (Å²) in [4.78, 5) is 10.6. The molecule has 1 aromatic heterocycles. The molecule has 0 amide bonds. The van der Waals surface area contributed by atoms with Crippen LogP contribution in [0.3, 0.4) is 0 Å². The van der Waals surface area contributed by atoms with Crippen LogP contribution in [0.15, 0.2) is 154 Å². The van der Waals surface area contributed by atoms with Gasteiger partial charge in [0.1, 0.15) is 23.0 Å². The van der Waals surface area contributed by atoms with E-state index >= 15 is 0 Å². The van der Waals surface area contributed by atoms with Crippen LogP contribution >= 0.6 is 46.5 Å². The van der Waals surface area contributed by atoms with Gasteiger partial charge in [0.25, 0.3) is 0 Å². The number of aromatic amines is 1. The lowest BCUT2D eigenvalue weighted by molar-refractivity contribution is 0.341. The monoisotopic (exact) mass is 770 g/mol. The average molecular weight is 771 g/mol. The molecule has 0 saturated carbocycles. The van der Waals surface area contributed by atoms with Crippen molar-refractivity contribution >= 4 is 68.8 Å². The number of benzene rings is 4. The van der Waals surface area contributed by atoms with Crippen molar-refractivity contribution in [2.75, 3.05) is 4.90 Å². The highest BCUT2D eigenvalue weighted by Gasteiger charge is 2.36. The Balaban J connectivity index is 1.10. The number of H-pyrrole nitrogens is 1. The fourth-order valence-electron chi connectivity index (χ4n) is 8.19. The van der Waals surface area contributed by atoms with Gasteiger partial charge in [0.15, 0.2) is 0 Å². The maximum absolute atomic E-state index is 6.12. The normalized spacial score (nSPS) is 23.1. The minimum atomic E-state index is -0.0442. The summed E-state index contributed by atoms with van der Waals surface area (Å²) in [7, 11) is 0. The number of anilines is 1. The van der Waals surface area contributed by atoms with Gasteiger partial charge in [-0.3, -0.25) is 0 Å². The predicted octanol–water partition coefficient (Wildman–Crippen LogP) is 11.7. The zero-order valence-electron chi connectivity index (χ0n) is 26.0. The van der Waals surface area contributed by atoms with Gasteiger partial charge in [-0.05, 0) is 93.8 Å². The SMILES string of the molecule is IOC1C=C(N(C2=CC=C3Sc4ccccc4C3C2)c2ccccc2)c2[nH]c3ccc(-c4cccc5c4C4C=CC=CC4S5)cc3c2C1. The Bertz CT molecular complexity index is 2280. The molecule has 0 saturated heterocycles. The summed E-state index contributed by atoms with van der Waals surface area (Å²) in [5, 5.41) is 1.75. The quantitative estimate of drug-likeness (QED) is 0.180. The molecule has 234 valence electrons. The first-order valence-corrected chi connectivity index (χ1v) is 19.1. The van der Waals surface area contributed by atoms with E-state index in [1.807, 2.05) is 23.5 Å². The second-order valence-corrected chi connectivity index (χ2v) is 15.9. The average Bonchev–Trinajstić information content (AvgIpc) is 3.83. The van der Waals surface area contributed by atoms with Gasteiger partial charge in [0.05, 0.1) is 17.5 Å². The summed E-state index contributed by atoms with van der Waals surface area (Å²) in [6, 6.07) is 33.5. The van der Waals surface area contributed by atoms with Gasteiger partial charge in [-0.1, -0.05) is 90.7 Å². The number of hydrogen-bond donors (Lipinski definition) is 1. The molecule has 0 fully saturated rings. The van der Waals surface area contributed by atoms with Crippen LogP contribution in [0.2, 0.25) is 0 Å². The fourth-order valence-corrected chi connectivity index (χ4v) is 11.1. The molecular weight excluding hydrogens is 740 g/mol. The third kappa shape index (κ3) is 4.67. The number of thioether (sulfide) groups is 2. The number of halogens is 1. The highest BCUT2D eigenvalue weighted by atomic mass is 127. The Morgan fingerprint density at radius 3 is 2.60 bits per heavy atom. The third-order valence-electron chi connectivity index (χ3n) is 10.3. The van der Waals surface area contributed by atoms with Gasteiger partial charge in [0.2, 0.25) is 0 Å². The zero-order chi connectivity index (χ0) is 31.8. The first kappa shape index (κ1) is 29.2. The van der Waals surface area contributed by atoms with Crippen LogP contribution in [-0.2, 0) is 9.49 Å². The molecule has 1 N–H and O–H groups in total. The molecule has 4 unspecified atom stereocenters. The Hall–Kier alpha value is -3.69. The number of hydrogen-bond acceptors (Lipinski definition) is 4. The van der Waals surface area contributed by atoms with Gasteiger partial charge in [0, 0.05) is 55.6 Å². The third-order valence-corrected chi connectivity index (χ3v) is 13.6. The fraction of sp³-hybridized carbons (Fsp3) is 0.143. The number of aromatic nitrogens is 1. The molecule has 5 aromatic rings. The molecule has 6 heteroatoms. The van der Waals surface area contributed by atoms with Crippen LogP contribution < -0.4 is 4.90 Å². The standard InChI is InChI=1S/C42H31IN2OS2/c43-46-28-23-34-32-21-25(29-13-8-16-40-41(29)31-12-5-7-15-38(31)48-40)17-19-35(32)44-42(34)36(24-28)45(26-9-2-1-3-10-26)27-18-20-39-33(22-27)30-11-4-6-14-37(30)47-39/h1-21,24,28,31,33,38,44H,22-23H2. The summed E-state index contributed by atoms with van der Waals surface area (Å²) in [6.45, 7) is 0. The van der Waals surface area contributed by atoms with E-state index < -0.39 is 0 Å². The van der Waals surface area contributed by atoms with Crippen molar-refractivity contribution in [2.45, 2.75) is 45.8 Å². The predicted molar refractivity (Wildman–Crippen MR) is 210 cm³/mol. The molecule has 3 heterocycles. The van der Waals surface area contributed by atoms with Gasteiger partial charge in [-0.2, -0.15) is 0 Å². The summed E-state index contributed by atoms with van der Waals surface area (Å²) in [5.74, 6) is 0.791. The smallest absolute Gasteiger partial charge is 0.110 e. The molecule has 0 spiro atoms. The van der Waals surface area contributed by atoms with E-state index in [4.69, 9.17) is 3.07 Å². The number of fused-ring (bicyclic) bond motifs is 9. The maximum Gasteiger partial charge on any atom is 0.110 e. The van der Waals surface area contributed by atoms with Crippen molar-refractivity contribution < 1.29 is 3.07 Å². The maximum atomic E-state index is 6.12. The number of para-hydroxylation sites is 1. The van der Waals surface area contributed by atoms with Gasteiger partial charge in [-0.15, -0.1) is 11.8 Å². The second kappa shape index (κ2) is 11.7. The molecule has 2 aliphatic heterocycles. The molecule has 5 aliphatic rings. The molecule has 0 bridgehead atoms. The van der Waals surface area contributed by atoms with Crippen molar-refractivity contribution in [3.8, 4) is 11.1 Å². The van der Waals surface area contributed by atoms with E-state index in [0.29, 0.717) is 17.1 Å². The number of rotatable bonds is 5. The summed E-state index contributed by atoms with van der Waals surface area (Å²) >= 11 is 6.00. The lowest BCUT2D eigenvalue weighted by atomic mass is 9.86. The summed E-state index contributed by atoms with van der Waals surface area (Å²) in [5.41, 5.74) is 12.8. The van der Waals surface area contributed by atoms with Crippen molar-refractivity contribution in [1.29, 1.82) is 0 Å². The van der Waals surface area contributed by atoms with Crippen LogP contribution in [0.4, 0.5) is 5.69 Å². The molecule has 3 nitrogen and oxygen atoms in total. The van der Waals surface area contributed by atoms with E-state index in [2.05, 4.69) is 166 Å². The van der Waals surface area contributed by atoms with E-state index in [0.717, 1.165) is 29.7 Å². The van der Waals surface area contributed by atoms with Gasteiger partial charge < -0.3 is 13.0 Å². The molecular formula is C42H31IN2OS2. The van der Waals surface area contributed by atoms with Crippen molar-refractivity contribution in [3.63, 3.8) is 0 Å². The highest BCUT2D eigenvalue weighted by Crippen LogP contribution is 2.54. The van der Waals surface area contributed by atoms with Crippen LogP contribution in [0.25, 0.3) is 27.7 Å². The highest BCUT2D eigenvalue weighted by molar-refractivity contribution is 14.1. The zero-order valence-corrected chi connectivity index (χ0v) is 29.8. The van der Waals surface area contributed by atoms with Crippen molar-refractivity contribution in [2.24, 2.45) is 0 Å². The lowest BCUT2D eigenvalue weighted by Crippen LogP contribution is -2.28. The first-order chi connectivity index (χ1) is 23.7. The largest absolute Gasteiger partial charge is 0.353 e. The Labute approximate surface area is 303 Å². The number of allylic oxidation sites excluding steroid dienone is 7. The van der Waals surface area contributed by atoms with E-state index in [1.165, 1.54) is 59.3 Å². The van der Waals surface area contributed by atoms with Crippen LogP contribution in [-0.4, -0.2) is 16.3 Å². The second-order valence-electron chi connectivity index (χ2n) is 13.0. The van der Waals surface area contributed by atoms with Gasteiger partial charge >= 0.3 is 0 Å². The minimum Gasteiger partial charge on any atom is -0.353 e. The molecule has 3 aliphatic carbocycles. The van der Waals surface area contributed by atoms with E-state index in [9.17, 15) is 0 Å². The Morgan fingerprint density at radius 2 is 1.69 bits per heavy atom. The van der Waals surface area contributed by atoms with E-state index in [-0.39, 0.29) is 6.10 Å². The molecule has 4 atom stereocenters. The topological polar surface area (TPSA) is 28.3 Å². The minimum absolute atomic E-state index is 0.0442. The number of nitrogens with one attached hydrogen (secondary N) is 1. The van der Waals surface area contributed by atoms with Crippen LogP contribution in [0.5, 0.6) is 0 Å². The van der Waals surface area contributed by atoms with E-state index in [1.54, 1.807) is 0 Å². The Kier molecular flexibility index (Phi) is 7.15. The van der Waals surface area contributed by atoms with Crippen LogP contribution in [0.1, 0.15) is 40.6 Å². The Morgan fingerprint density at radius 1 is 0.833 bits per heavy atom. The van der Waals surface area contributed by atoms with Gasteiger partial charge in [-0.25, -0.2) is 0 Å². The number of nitrogens with zero attached hydrogens (tertiary/aromatic N) is 1.